The van der Waals surface area contributed by atoms with E-state index < -0.39 is 0 Å². The standard InChI is InChI=1S/C57H47N/c1-55(2)48-22-12-8-17-41(48)46-34-37(28-33-50(46)55)36-26-29-38(30-27-36)58(39-31-32-42-40-16-7-11-21-47(40)57(5,6)52(42)35-39)53-25-14-10-18-43(53)44-20-15-24-51-54(44)45-19-9-13-23-49(45)56(51,3)4/h7-35H,1-6H3. The summed E-state index contributed by atoms with van der Waals surface area (Å²) in [6, 6.07) is 66.2. The molecule has 280 valence electrons. The zero-order valence-corrected chi connectivity index (χ0v) is 34.2. The zero-order chi connectivity index (χ0) is 39.6. The van der Waals surface area contributed by atoms with Gasteiger partial charge in [-0.2, -0.15) is 0 Å². The summed E-state index contributed by atoms with van der Waals surface area (Å²) in [5.41, 5.74) is 24.6. The van der Waals surface area contributed by atoms with E-state index >= 15 is 0 Å². The Morgan fingerprint density at radius 1 is 0.293 bits per heavy atom. The lowest BCUT2D eigenvalue weighted by atomic mass is 9.82. The van der Waals surface area contributed by atoms with Crippen LogP contribution in [0.2, 0.25) is 0 Å². The summed E-state index contributed by atoms with van der Waals surface area (Å²) in [5.74, 6) is 0. The third kappa shape index (κ3) is 4.83. The molecule has 1 nitrogen and oxygen atoms in total. The van der Waals surface area contributed by atoms with Gasteiger partial charge in [-0.05, 0) is 120 Å². The van der Waals surface area contributed by atoms with Crippen LogP contribution in [-0.2, 0) is 16.2 Å². The van der Waals surface area contributed by atoms with E-state index in [0.717, 1.165) is 17.1 Å². The monoisotopic (exact) mass is 745 g/mol. The van der Waals surface area contributed by atoms with Crippen molar-refractivity contribution in [2.24, 2.45) is 0 Å². The smallest absolute Gasteiger partial charge is 0.0540 e. The molecule has 0 atom stereocenters. The minimum absolute atomic E-state index is 0.00922. The summed E-state index contributed by atoms with van der Waals surface area (Å²) in [6.07, 6.45) is 0. The summed E-state index contributed by atoms with van der Waals surface area (Å²) >= 11 is 0. The molecule has 58 heavy (non-hydrogen) atoms. The summed E-state index contributed by atoms with van der Waals surface area (Å²) in [4.78, 5) is 2.49. The van der Waals surface area contributed by atoms with Crippen molar-refractivity contribution in [3.05, 3.63) is 209 Å². The first kappa shape index (κ1) is 34.8. The molecule has 0 aromatic heterocycles. The fraction of sp³-hybridized carbons (Fsp3) is 0.158. The molecule has 0 spiro atoms. The molecule has 11 rings (SSSR count). The maximum absolute atomic E-state index is 2.49. The summed E-state index contributed by atoms with van der Waals surface area (Å²) < 4.78 is 0. The molecule has 0 unspecified atom stereocenters. The molecule has 1 heteroatoms. The second kappa shape index (κ2) is 12.3. The summed E-state index contributed by atoms with van der Waals surface area (Å²) in [5, 5.41) is 0. The molecule has 0 bridgehead atoms. The fourth-order valence-corrected chi connectivity index (χ4v) is 10.8. The van der Waals surface area contributed by atoms with Crippen LogP contribution in [0.25, 0.3) is 55.6 Å². The van der Waals surface area contributed by atoms with Gasteiger partial charge in [0.1, 0.15) is 0 Å². The molecule has 0 fully saturated rings. The van der Waals surface area contributed by atoms with Crippen LogP contribution in [-0.4, -0.2) is 0 Å². The lowest BCUT2D eigenvalue weighted by molar-refractivity contribution is 0.660. The molecule has 3 aliphatic rings. The number of nitrogens with zero attached hydrogens (tertiary/aromatic N) is 1. The Morgan fingerprint density at radius 2 is 0.759 bits per heavy atom. The molecule has 0 N–H and O–H groups in total. The number of hydrogen-bond acceptors (Lipinski definition) is 1. The van der Waals surface area contributed by atoms with E-state index in [9.17, 15) is 0 Å². The minimum Gasteiger partial charge on any atom is -0.310 e. The number of rotatable bonds is 5. The normalized spacial score (nSPS) is 15.5. The van der Waals surface area contributed by atoms with E-state index in [2.05, 4.69) is 222 Å². The van der Waals surface area contributed by atoms with Gasteiger partial charge in [0, 0.05) is 33.2 Å². The molecule has 3 aliphatic carbocycles. The van der Waals surface area contributed by atoms with Gasteiger partial charge in [-0.1, -0.05) is 181 Å². The molecule has 8 aromatic rings. The first-order valence-electron chi connectivity index (χ1n) is 20.8. The zero-order valence-electron chi connectivity index (χ0n) is 34.2. The summed E-state index contributed by atoms with van der Waals surface area (Å²) in [6.45, 7) is 14.2. The van der Waals surface area contributed by atoms with Crippen LogP contribution < -0.4 is 4.90 Å². The molecular weight excluding hydrogens is 699 g/mol. The van der Waals surface area contributed by atoms with Crippen LogP contribution >= 0.6 is 0 Å². The second-order valence-corrected chi connectivity index (χ2v) is 18.1. The lowest BCUT2D eigenvalue weighted by Gasteiger charge is -2.30. The number of hydrogen-bond donors (Lipinski definition) is 0. The Hall–Kier alpha value is -6.44. The number of para-hydroxylation sites is 1. The molecular formula is C57H47N. The van der Waals surface area contributed by atoms with Crippen LogP contribution in [0.15, 0.2) is 176 Å². The molecule has 0 aliphatic heterocycles. The Morgan fingerprint density at radius 3 is 1.47 bits per heavy atom. The van der Waals surface area contributed by atoms with Crippen molar-refractivity contribution >= 4 is 17.1 Å². The van der Waals surface area contributed by atoms with Gasteiger partial charge in [-0.15, -0.1) is 0 Å². The number of benzene rings is 8. The van der Waals surface area contributed by atoms with Gasteiger partial charge in [0.15, 0.2) is 0 Å². The van der Waals surface area contributed by atoms with Gasteiger partial charge in [-0.3, -0.25) is 0 Å². The predicted octanol–water partition coefficient (Wildman–Crippen LogP) is 15.4. The maximum atomic E-state index is 2.49. The number of fused-ring (bicyclic) bond motifs is 9. The SMILES string of the molecule is CC1(C)c2ccccc2-c2cc(-c3ccc(N(c4ccc5c(c4)C(C)(C)c4ccccc4-5)c4ccccc4-c4cccc5c4-c4ccccc4C5(C)C)cc3)ccc21. The van der Waals surface area contributed by atoms with E-state index in [1.807, 2.05) is 0 Å². The van der Waals surface area contributed by atoms with Gasteiger partial charge in [-0.25, -0.2) is 0 Å². The molecule has 0 heterocycles. The molecule has 0 saturated heterocycles. The third-order valence-corrected chi connectivity index (χ3v) is 13.9. The van der Waals surface area contributed by atoms with Crippen LogP contribution in [0.5, 0.6) is 0 Å². The van der Waals surface area contributed by atoms with E-state index in [1.54, 1.807) is 0 Å². The highest BCUT2D eigenvalue weighted by atomic mass is 15.1. The van der Waals surface area contributed by atoms with Crippen molar-refractivity contribution in [1.29, 1.82) is 0 Å². The Kier molecular flexibility index (Phi) is 7.36. The van der Waals surface area contributed by atoms with Crippen molar-refractivity contribution < 1.29 is 0 Å². The highest BCUT2D eigenvalue weighted by Gasteiger charge is 2.39. The number of anilines is 3. The second-order valence-electron chi connectivity index (χ2n) is 18.1. The van der Waals surface area contributed by atoms with Gasteiger partial charge >= 0.3 is 0 Å². The van der Waals surface area contributed by atoms with Crippen molar-refractivity contribution in [2.45, 2.75) is 57.8 Å². The Bertz CT molecular complexity index is 2970. The first-order valence-corrected chi connectivity index (χ1v) is 20.8. The van der Waals surface area contributed by atoms with Crippen LogP contribution in [0.4, 0.5) is 17.1 Å². The Balaban J connectivity index is 1.08. The Labute approximate surface area is 343 Å². The highest BCUT2D eigenvalue weighted by molar-refractivity contribution is 5.99. The van der Waals surface area contributed by atoms with Crippen molar-refractivity contribution in [1.82, 2.24) is 0 Å². The topological polar surface area (TPSA) is 3.24 Å². The molecule has 0 amide bonds. The van der Waals surface area contributed by atoms with E-state index in [-0.39, 0.29) is 16.2 Å². The van der Waals surface area contributed by atoms with Gasteiger partial charge in [0.05, 0.1) is 5.69 Å². The summed E-state index contributed by atoms with van der Waals surface area (Å²) in [7, 11) is 0. The van der Waals surface area contributed by atoms with Crippen LogP contribution in [0, 0.1) is 0 Å². The maximum Gasteiger partial charge on any atom is 0.0540 e. The first-order chi connectivity index (χ1) is 28.0. The largest absolute Gasteiger partial charge is 0.310 e. The van der Waals surface area contributed by atoms with Crippen LogP contribution in [0.1, 0.15) is 74.9 Å². The quantitative estimate of drug-likeness (QED) is 0.170. The van der Waals surface area contributed by atoms with Gasteiger partial charge in [0.2, 0.25) is 0 Å². The third-order valence-electron chi connectivity index (χ3n) is 13.9. The van der Waals surface area contributed by atoms with Crippen molar-refractivity contribution in [2.75, 3.05) is 4.90 Å². The van der Waals surface area contributed by atoms with E-state index in [1.165, 1.54) is 89.0 Å². The lowest BCUT2D eigenvalue weighted by Crippen LogP contribution is -2.17. The average molecular weight is 746 g/mol. The molecule has 0 radical (unpaired) electrons. The van der Waals surface area contributed by atoms with E-state index in [0.29, 0.717) is 0 Å². The van der Waals surface area contributed by atoms with Crippen molar-refractivity contribution in [3.8, 4) is 55.6 Å². The predicted molar refractivity (Wildman–Crippen MR) is 245 cm³/mol. The fourth-order valence-electron chi connectivity index (χ4n) is 10.8. The molecule has 8 aromatic carbocycles. The van der Waals surface area contributed by atoms with Gasteiger partial charge < -0.3 is 4.90 Å². The van der Waals surface area contributed by atoms with Crippen LogP contribution in [0.3, 0.4) is 0 Å². The minimum atomic E-state index is -0.118. The van der Waals surface area contributed by atoms with Crippen molar-refractivity contribution in [3.63, 3.8) is 0 Å². The van der Waals surface area contributed by atoms with E-state index in [4.69, 9.17) is 0 Å². The van der Waals surface area contributed by atoms with Gasteiger partial charge in [0.25, 0.3) is 0 Å². The highest BCUT2D eigenvalue weighted by Crippen LogP contribution is 2.55. The molecule has 0 saturated carbocycles. The average Bonchev–Trinajstić information content (AvgIpc) is 3.74.